The minimum Gasteiger partial charge on any atom is -0.489 e. The summed E-state index contributed by atoms with van der Waals surface area (Å²) in [6.45, 7) is 1.95. The van der Waals surface area contributed by atoms with Crippen LogP contribution in [0.25, 0.3) is 0 Å². The Hall–Kier alpha value is -1.07. The highest BCUT2D eigenvalue weighted by atomic mass is 79.9. The van der Waals surface area contributed by atoms with Crippen molar-refractivity contribution < 1.29 is 14.6 Å². The number of hydrogen-bond donors (Lipinski definition) is 2. The van der Waals surface area contributed by atoms with Crippen molar-refractivity contribution >= 4 is 21.9 Å². The van der Waals surface area contributed by atoms with Gasteiger partial charge >= 0.3 is 5.97 Å². The maximum atomic E-state index is 10.8. The molecule has 0 amide bonds. The van der Waals surface area contributed by atoms with E-state index in [4.69, 9.17) is 15.6 Å². The van der Waals surface area contributed by atoms with Gasteiger partial charge in [0.1, 0.15) is 5.75 Å². The number of hydrogen-bond acceptors (Lipinski definition) is 3. The summed E-state index contributed by atoms with van der Waals surface area (Å²) in [5.74, 6) is -0.214. The van der Waals surface area contributed by atoms with E-state index in [0.717, 1.165) is 28.4 Å². The standard InChI is InChI=1S/C13H16BrNO3/c1-7-4-9(11(15)6-12(16)17)13(10(14)5-7)18-8-2-3-8/h4-5,8,11H,2-3,6,15H2,1H3,(H,16,17). The zero-order valence-electron chi connectivity index (χ0n) is 10.1. The number of carboxylic acid groups (broad SMARTS) is 1. The molecule has 18 heavy (non-hydrogen) atoms. The Labute approximate surface area is 114 Å². The summed E-state index contributed by atoms with van der Waals surface area (Å²) >= 11 is 3.46. The number of ether oxygens (including phenoxy) is 1. The monoisotopic (exact) mass is 313 g/mol. The van der Waals surface area contributed by atoms with Gasteiger partial charge in [0.15, 0.2) is 0 Å². The third-order valence-corrected chi connectivity index (χ3v) is 3.41. The highest BCUT2D eigenvalue weighted by molar-refractivity contribution is 9.10. The van der Waals surface area contributed by atoms with Crippen LogP contribution >= 0.6 is 15.9 Å². The molecule has 3 N–H and O–H groups in total. The molecule has 5 heteroatoms. The number of benzene rings is 1. The van der Waals surface area contributed by atoms with E-state index in [0.29, 0.717) is 5.75 Å². The highest BCUT2D eigenvalue weighted by Gasteiger charge is 2.27. The Balaban J connectivity index is 2.32. The average molecular weight is 314 g/mol. The van der Waals surface area contributed by atoms with Gasteiger partial charge in [-0.15, -0.1) is 0 Å². The van der Waals surface area contributed by atoms with Crippen LogP contribution in [0.3, 0.4) is 0 Å². The van der Waals surface area contributed by atoms with Gasteiger partial charge in [-0.25, -0.2) is 0 Å². The minimum atomic E-state index is -0.905. The van der Waals surface area contributed by atoms with Crippen molar-refractivity contribution in [3.05, 3.63) is 27.7 Å². The Kier molecular flexibility index (Phi) is 3.92. The highest BCUT2D eigenvalue weighted by Crippen LogP contribution is 2.38. The molecule has 2 rings (SSSR count). The molecule has 1 saturated carbocycles. The molecule has 1 atom stereocenters. The molecule has 98 valence electrons. The number of nitrogens with two attached hydrogens (primary N) is 1. The van der Waals surface area contributed by atoms with Crippen molar-refractivity contribution in [2.24, 2.45) is 5.73 Å². The zero-order valence-corrected chi connectivity index (χ0v) is 11.7. The lowest BCUT2D eigenvalue weighted by Crippen LogP contribution is -2.17. The molecule has 1 fully saturated rings. The fourth-order valence-corrected chi connectivity index (χ4v) is 2.49. The Morgan fingerprint density at radius 1 is 1.61 bits per heavy atom. The maximum absolute atomic E-state index is 10.8. The SMILES string of the molecule is Cc1cc(Br)c(OC2CC2)c(C(N)CC(=O)O)c1. The lowest BCUT2D eigenvalue weighted by Gasteiger charge is -2.18. The predicted molar refractivity (Wildman–Crippen MR) is 71.7 cm³/mol. The van der Waals surface area contributed by atoms with E-state index in [1.165, 1.54) is 0 Å². The van der Waals surface area contributed by atoms with Crippen LogP contribution in [0.2, 0.25) is 0 Å². The molecule has 0 bridgehead atoms. The van der Waals surface area contributed by atoms with E-state index in [-0.39, 0.29) is 12.5 Å². The van der Waals surface area contributed by atoms with Crippen LogP contribution in [-0.2, 0) is 4.79 Å². The second-order valence-corrected chi connectivity index (χ2v) is 5.54. The number of carbonyl (C=O) groups is 1. The first-order valence-corrected chi connectivity index (χ1v) is 6.70. The summed E-state index contributed by atoms with van der Waals surface area (Å²) in [4.78, 5) is 10.8. The van der Waals surface area contributed by atoms with Crippen LogP contribution < -0.4 is 10.5 Å². The van der Waals surface area contributed by atoms with Gasteiger partial charge in [0.05, 0.1) is 17.0 Å². The summed E-state index contributed by atoms with van der Waals surface area (Å²) in [6, 6.07) is 3.30. The van der Waals surface area contributed by atoms with Crippen molar-refractivity contribution in [3.63, 3.8) is 0 Å². The second kappa shape index (κ2) is 5.28. The quantitative estimate of drug-likeness (QED) is 0.876. The molecule has 0 radical (unpaired) electrons. The molecule has 0 aromatic heterocycles. The van der Waals surface area contributed by atoms with Gasteiger partial charge in [0.2, 0.25) is 0 Å². The van der Waals surface area contributed by atoms with Gasteiger partial charge in [-0.1, -0.05) is 6.07 Å². The van der Waals surface area contributed by atoms with Crippen LogP contribution in [0.4, 0.5) is 0 Å². The molecule has 0 spiro atoms. The van der Waals surface area contributed by atoms with E-state index in [1.54, 1.807) is 0 Å². The van der Waals surface area contributed by atoms with E-state index in [2.05, 4.69) is 15.9 Å². The van der Waals surface area contributed by atoms with Gasteiger partial charge in [0, 0.05) is 11.6 Å². The number of aliphatic carboxylic acids is 1. The fraction of sp³-hybridized carbons (Fsp3) is 0.462. The van der Waals surface area contributed by atoms with E-state index >= 15 is 0 Å². The van der Waals surface area contributed by atoms with Gasteiger partial charge in [0.25, 0.3) is 0 Å². The van der Waals surface area contributed by atoms with E-state index in [1.807, 2.05) is 19.1 Å². The van der Waals surface area contributed by atoms with Gasteiger partial charge in [-0.05, 0) is 47.3 Å². The summed E-state index contributed by atoms with van der Waals surface area (Å²) < 4.78 is 6.66. The Bertz CT molecular complexity index is 472. The molecule has 1 unspecified atom stereocenters. The third-order valence-electron chi connectivity index (χ3n) is 2.82. The summed E-state index contributed by atoms with van der Waals surface area (Å²) in [5, 5.41) is 8.84. The molecule has 1 aliphatic carbocycles. The number of aryl methyl sites for hydroxylation is 1. The fourth-order valence-electron chi connectivity index (χ4n) is 1.81. The predicted octanol–water partition coefficient (Wildman–Crippen LogP) is 2.77. The normalized spacial score (nSPS) is 16.4. The first-order valence-electron chi connectivity index (χ1n) is 5.91. The lowest BCUT2D eigenvalue weighted by atomic mass is 10.0. The topological polar surface area (TPSA) is 72.5 Å². The molecule has 1 aromatic carbocycles. The third kappa shape index (κ3) is 3.23. The van der Waals surface area contributed by atoms with Crippen LogP contribution in [0.5, 0.6) is 5.75 Å². The number of carboxylic acids is 1. The van der Waals surface area contributed by atoms with Gasteiger partial charge < -0.3 is 15.6 Å². The second-order valence-electron chi connectivity index (χ2n) is 4.69. The molecular formula is C13H16BrNO3. The van der Waals surface area contributed by atoms with Gasteiger partial charge in [-0.2, -0.15) is 0 Å². The van der Waals surface area contributed by atoms with E-state index < -0.39 is 12.0 Å². The molecule has 0 aliphatic heterocycles. The first-order chi connectivity index (χ1) is 8.47. The molecule has 1 aromatic rings. The van der Waals surface area contributed by atoms with Crippen LogP contribution in [0.1, 0.15) is 36.4 Å². The molecule has 0 heterocycles. The molecule has 1 aliphatic rings. The first kappa shape index (κ1) is 13.4. The molecule has 0 saturated heterocycles. The number of rotatable bonds is 5. The molecular weight excluding hydrogens is 298 g/mol. The zero-order chi connectivity index (χ0) is 13.3. The van der Waals surface area contributed by atoms with E-state index in [9.17, 15) is 4.79 Å². The van der Waals surface area contributed by atoms with Crippen molar-refractivity contribution in [3.8, 4) is 5.75 Å². The summed E-state index contributed by atoms with van der Waals surface area (Å²) in [6.07, 6.45) is 2.25. The van der Waals surface area contributed by atoms with Crippen LogP contribution in [0.15, 0.2) is 16.6 Å². The summed E-state index contributed by atoms with van der Waals surface area (Å²) in [7, 11) is 0. The Morgan fingerprint density at radius 3 is 2.83 bits per heavy atom. The summed E-state index contributed by atoms with van der Waals surface area (Å²) in [5.41, 5.74) is 7.74. The maximum Gasteiger partial charge on any atom is 0.305 e. The Morgan fingerprint density at radius 2 is 2.28 bits per heavy atom. The average Bonchev–Trinajstić information content (AvgIpc) is 3.04. The van der Waals surface area contributed by atoms with Crippen LogP contribution in [-0.4, -0.2) is 17.2 Å². The van der Waals surface area contributed by atoms with Gasteiger partial charge in [-0.3, -0.25) is 4.79 Å². The van der Waals surface area contributed by atoms with Crippen molar-refractivity contribution in [2.75, 3.05) is 0 Å². The molecule has 4 nitrogen and oxygen atoms in total. The van der Waals surface area contributed by atoms with Crippen molar-refractivity contribution in [1.82, 2.24) is 0 Å². The smallest absolute Gasteiger partial charge is 0.305 e. The van der Waals surface area contributed by atoms with Crippen LogP contribution in [0, 0.1) is 6.92 Å². The van der Waals surface area contributed by atoms with Crippen molar-refractivity contribution in [2.45, 2.75) is 38.3 Å². The lowest BCUT2D eigenvalue weighted by molar-refractivity contribution is -0.137. The van der Waals surface area contributed by atoms with Crippen molar-refractivity contribution in [1.29, 1.82) is 0 Å². The number of halogens is 1. The largest absolute Gasteiger partial charge is 0.489 e. The minimum absolute atomic E-state index is 0.100.